The van der Waals surface area contributed by atoms with Gasteiger partial charge in [-0.1, -0.05) is 0 Å². The fourth-order valence-corrected chi connectivity index (χ4v) is 3.04. The normalized spacial score (nSPS) is 11.2. The summed E-state index contributed by atoms with van der Waals surface area (Å²) in [5.41, 5.74) is 6.13. The molecule has 0 aromatic carbocycles. The van der Waals surface area contributed by atoms with Crippen LogP contribution in [0.4, 0.5) is 0 Å². The Balaban J connectivity index is 1.79. The van der Waals surface area contributed by atoms with Crippen LogP contribution in [0.25, 0.3) is 22.3 Å². The number of nitrogens with zero attached hydrogens (tertiary/aromatic N) is 5. The highest BCUT2D eigenvalue weighted by molar-refractivity contribution is 5.89. The first kappa shape index (κ1) is 16.1. The van der Waals surface area contributed by atoms with E-state index in [9.17, 15) is 4.79 Å². The molecule has 0 saturated carbocycles. The molecule has 0 unspecified atom stereocenters. The van der Waals surface area contributed by atoms with Crippen molar-refractivity contribution in [3.8, 4) is 16.8 Å². The van der Waals surface area contributed by atoms with Crippen LogP contribution in [0.15, 0.2) is 36.9 Å². The molecule has 0 spiro atoms. The predicted molar refractivity (Wildman–Crippen MR) is 95.3 cm³/mol. The van der Waals surface area contributed by atoms with Gasteiger partial charge in [-0.15, -0.1) is 0 Å². The second kappa shape index (κ2) is 6.14. The van der Waals surface area contributed by atoms with Crippen molar-refractivity contribution in [2.45, 2.75) is 20.8 Å². The molecule has 4 rings (SSSR count). The lowest BCUT2D eigenvalue weighted by atomic mass is 10.1. The number of hydrogen-bond acceptors (Lipinski definition) is 5. The molecule has 4 aromatic rings. The second-order valence-electron chi connectivity index (χ2n) is 5.98. The fourth-order valence-electron chi connectivity index (χ4n) is 3.04. The van der Waals surface area contributed by atoms with Gasteiger partial charge in [0.15, 0.2) is 0 Å². The van der Waals surface area contributed by atoms with Gasteiger partial charge in [0.1, 0.15) is 0 Å². The lowest BCUT2D eigenvalue weighted by molar-refractivity contribution is 0.0526. The first-order valence-corrected chi connectivity index (χ1v) is 8.30. The van der Waals surface area contributed by atoms with Gasteiger partial charge < -0.3 is 4.74 Å². The number of aromatic amines is 1. The van der Waals surface area contributed by atoms with Crippen LogP contribution in [0.2, 0.25) is 0 Å². The van der Waals surface area contributed by atoms with Crippen molar-refractivity contribution in [3.63, 3.8) is 0 Å². The quantitative estimate of drug-likeness (QED) is 0.572. The number of fused-ring (bicyclic) bond motifs is 1. The average Bonchev–Trinajstić information content (AvgIpc) is 3.34. The van der Waals surface area contributed by atoms with E-state index in [1.807, 2.05) is 38.4 Å². The maximum absolute atomic E-state index is 11.8. The zero-order chi connectivity index (χ0) is 18.3. The molecule has 26 heavy (non-hydrogen) atoms. The number of carbonyl (C=O) groups is 1. The number of H-pyrrole nitrogens is 1. The van der Waals surface area contributed by atoms with Crippen LogP contribution in [0, 0.1) is 13.8 Å². The summed E-state index contributed by atoms with van der Waals surface area (Å²) in [6.07, 6.45) is 6.86. The topological polar surface area (TPSA) is 90.1 Å². The highest BCUT2D eigenvalue weighted by Gasteiger charge is 2.16. The Bertz CT molecular complexity index is 1080. The summed E-state index contributed by atoms with van der Waals surface area (Å²) in [7, 11) is 0. The molecule has 0 atom stereocenters. The molecule has 0 aliphatic carbocycles. The lowest BCUT2D eigenvalue weighted by Gasteiger charge is -2.04. The standard InChI is InChI=1S/C18H18N6O2/c1-4-26-18(25)13-8-19-24(10-13)14-5-6-23-16(7-14)15(9-20-23)17-11(2)21-22-12(17)3/h5-10H,4H2,1-3H3,(H,21,22). The van der Waals surface area contributed by atoms with Gasteiger partial charge in [-0.2, -0.15) is 15.3 Å². The van der Waals surface area contributed by atoms with Crippen LogP contribution in [-0.2, 0) is 4.74 Å². The van der Waals surface area contributed by atoms with Crippen molar-refractivity contribution in [1.82, 2.24) is 29.6 Å². The Morgan fingerprint density at radius 1 is 1.27 bits per heavy atom. The summed E-state index contributed by atoms with van der Waals surface area (Å²) in [6, 6.07) is 3.87. The van der Waals surface area contributed by atoms with Gasteiger partial charge in [0.2, 0.25) is 0 Å². The monoisotopic (exact) mass is 350 g/mol. The third-order valence-electron chi connectivity index (χ3n) is 4.26. The molecule has 0 bridgehead atoms. The van der Waals surface area contributed by atoms with Gasteiger partial charge in [0, 0.05) is 29.2 Å². The third-order valence-corrected chi connectivity index (χ3v) is 4.26. The van der Waals surface area contributed by atoms with Gasteiger partial charge in [-0.3, -0.25) is 5.10 Å². The molecule has 132 valence electrons. The maximum atomic E-state index is 11.8. The molecule has 0 amide bonds. The number of esters is 1. The molecule has 0 saturated heterocycles. The zero-order valence-corrected chi connectivity index (χ0v) is 14.7. The predicted octanol–water partition coefficient (Wildman–Crippen LogP) is 2.70. The number of carbonyl (C=O) groups excluding carboxylic acids is 1. The molecule has 8 heteroatoms. The van der Waals surface area contributed by atoms with Gasteiger partial charge in [0.05, 0.1) is 41.5 Å². The summed E-state index contributed by atoms with van der Waals surface area (Å²) >= 11 is 0. The molecule has 1 N–H and O–H groups in total. The molecule has 0 radical (unpaired) electrons. The van der Waals surface area contributed by atoms with Crippen LogP contribution in [-0.4, -0.2) is 42.2 Å². The van der Waals surface area contributed by atoms with Crippen molar-refractivity contribution in [2.75, 3.05) is 6.61 Å². The molecule has 0 fully saturated rings. The van der Waals surface area contributed by atoms with Gasteiger partial charge in [-0.05, 0) is 32.9 Å². The van der Waals surface area contributed by atoms with Gasteiger partial charge in [0.25, 0.3) is 0 Å². The van der Waals surface area contributed by atoms with Crippen LogP contribution in [0.3, 0.4) is 0 Å². The van der Waals surface area contributed by atoms with Crippen molar-refractivity contribution >= 4 is 11.5 Å². The molecule has 4 aromatic heterocycles. The molecule has 0 aliphatic rings. The average molecular weight is 350 g/mol. The number of aromatic nitrogens is 6. The second-order valence-corrected chi connectivity index (χ2v) is 5.98. The minimum absolute atomic E-state index is 0.332. The SMILES string of the molecule is CCOC(=O)c1cnn(-c2ccn3ncc(-c4c(C)n[nH]c4C)c3c2)c1. The maximum Gasteiger partial charge on any atom is 0.341 e. The van der Waals surface area contributed by atoms with E-state index >= 15 is 0 Å². The number of ether oxygens (including phenoxy) is 1. The minimum Gasteiger partial charge on any atom is -0.462 e. The van der Waals surface area contributed by atoms with E-state index in [1.54, 1.807) is 22.3 Å². The zero-order valence-electron chi connectivity index (χ0n) is 14.7. The summed E-state index contributed by atoms with van der Waals surface area (Å²) < 4.78 is 8.47. The van der Waals surface area contributed by atoms with E-state index in [1.165, 1.54) is 6.20 Å². The third kappa shape index (κ3) is 2.55. The summed E-state index contributed by atoms with van der Waals surface area (Å²) in [5.74, 6) is -0.380. The number of aryl methyl sites for hydroxylation is 2. The minimum atomic E-state index is -0.380. The Kier molecular flexibility index (Phi) is 3.80. The lowest BCUT2D eigenvalue weighted by Crippen LogP contribution is -2.03. The largest absolute Gasteiger partial charge is 0.462 e. The first-order valence-electron chi connectivity index (χ1n) is 8.30. The van der Waals surface area contributed by atoms with Crippen molar-refractivity contribution in [1.29, 1.82) is 0 Å². The number of hydrogen-bond donors (Lipinski definition) is 1. The van der Waals surface area contributed by atoms with Gasteiger partial charge >= 0.3 is 5.97 Å². The van der Waals surface area contributed by atoms with E-state index in [4.69, 9.17) is 4.74 Å². The van der Waals surface area contributed by atoms with E-state index in [0.29, 0.717) is 12.2 Å². The molecular formula is C18H18N6O2. The molecule has 0 aliphatic heterocycles. The highest BCUT2D eigenvalue weighted by Crippen LogP contribution is 2.30. The number of rotatable bonds is 4. The molecule has 4 heterocycles. The molecular weight excluding hydrogens is 332 g/mol. The number of pyridine rings is 1. The van der Waals surface area contributed by atoms with E-state index in [-0.39, 0.29) is 5.97 Å². The Morgan fingerprint density at radius 2 is 2.12 bits per heavy atom. The van der Waals surface area contributed by atoms with Crippen LogP contribution in [0.5, 0.6) is 0 Å². The van der Waals surface area contributed by atoms with Crippen LogP contribution in [0.1, 0.15) is 28.7 Å². The van der Waals surface area contributed by atoms with E-state index in [0.717, 1.165) is 33.7 Å². The first-order chi connectivity index (χ1) is 12.6. The number of nitrogens with one attached hydrogen (secondary N) is 1. The highest BCUT2D eigenvalue weighted by atomic mass is 16.5. The summed E-state index contributed by atoms with van der Waals surface area (Å²) in [5, 5.41) is 16.0. The fraction of sp³-hybridized carbons (Fsp3) is 0.222. The van der Waals surface area contributed by atoms with Crippen LogP contribution < -0.4 is 0 Å². The van der Waals surface area contributed by atoms with Crippen LogP contribution >= 0.6 is 0 Å². The van der Waals surface area contributed by atoms with Crippen molar-refractivity contribution < 1.29 is 9.53 Å². The van der Waals surface area contributed by atoms with Crippen molar-refractivity contribution in [3.05, 3.63) is 53.9 Å². The Morgan fingerprint density at radius 3 is 2.85 bits per heavy atom. The smallest absolute Gasteiger partial charge is 0.341 e. The Hall–Kier alpha value is -3.42. The van der Waals surface area contributed by atoms with Crippen molar-refractivity contribution in [2.24, 2.45) is 0 Å². The van der Waals surface area contributed by atoms with E-state index in [2.05, 4.69) is 20.4 Å². The van der Waals surface area contributed by atoms with Gasteiger partial charge in [-0.25, -0.2) is 14.0 Å². The summed E-state index contributed by atoms with van der Waals surface area (Å²) in [6.45, 7) is 6.06. The Labute approximate surface area is 149 Å². The molecule has 8 nitrogen and oxygen atoms in total. The summed E-state index contributed by atoms with van der Waals surface area (Å²) in [4.78, 5) is 11.8. The van der Waals surface area contributed by atoms with E-state index < -0.39 is 0 Å².